The molecular formula is C22H22Cl2N4O3. The fraction of sp³-hybridized carbons (Fsp3) is 0.273. The lowest BCUT2D eigenvalue weighted by Gasteiger charge is -2.24. The van der Waals surface area contributed by atoms with Gasteiger partial charge < -0.3 is 15.2 Å². The fourth-order valence-electron chi connectivity index (χ4n) is 3.29. The molecule has 0 unspecified atom stereocenters. The van der Waals surface area contributed by atoms with Gasteiger partial charge in [0.2, 0.25) is 11.8 Å². The number of carbonyl (C=O) groups excluding carboxylic acids is 2. The van der Waals surface area contributed by atoms with Crippen molar-refractivity contribution in [2.75, 3.05) is 6.54 Å². The number of H-pyrrole nitrogens is 1. The van der Waals surface area contributed by atoms with Gasteiger partial charge in [0.15, 0.2) is 0 Å². The Hall–Kier alpha value is -2.90. The molecule has 1 aromatic heterocycles. The molecule has 0 saturated carbocycles. The van der Waals surface area contributed by atoms with Gasteiger partial charge in [-0.05, 0) is 42.8 Å². The van der Waals surface area contributed by atoms with E-state index in [9.17, 15) is 14.4 Å². The Morgan fingerprint density at radius 2 is 1.81 bits per heavy atom. The number of aromatic amines is 1. The SMILES string of the molecule is CCN(Cc1nc2cc(Cl)ccc2c(=O)[nH]1)C(=O)C[C@@H](NC(C)=O)c1ccc(Cl)cc1. The van der Waals surface area contributed by atoms with Crippen LogP contribution in [0.5, 0.6) is 0 Å². The number of rotatable bonds is 7. The van der Waals surface area contributed by atoms with Crippen LogP contribution in [0.4, 0.5) is 0 Å². The summed E-state index contributed by atoms with van der Waals surface area (Å²) in [6.45, 7) is 3.77. The largest absolute Gasteiger partial charge is 0.349 e. The summed E-state index contributed by atoms with van der Waals surface area (Å²) in [6.07, 6.45) is 0.0543. The zero-order chi connectivity index (χ0) is 22.5. The lowest BCUT2D eigenvalue weighted by atomic mass is 10.0. The van der Waals surface area contributed by atoms with E-state index in [2.05, 4.69) is 15.3 Å². The first-order valence-electron chi connectivity index (χ1n) is 9.75. The first-order chi connectivity index (χ1) is 14.8. The van der Waals surface area contributed by atoms with Crippen LogP contribution in [-0.4, -0.2) is 33.2 Å². The highest BCUT2D eigenvalue weighted by Gasteiger charge is 2.21. The maximum atomic E-state index is 13.0. The van der Waals surface area contributed by atoms with E-state index in [-0.39, 0.29) is 30.3 Å². The van der Waals surface area contributed by atoms with Crippen molar-refractivity contribution in [1.82, 2.24) is 20.2 Å². The molecule has 1 heterocycles. The van der Waals surface area contributed by atoms with Crippen LogP contribution in [0.15, 0.2) is 47.3 Å². The molecule has 1 atom stereocenters. The summed E-state index contributed by atoms with van der Waals surface area (Å²) in [5.41, 5.74) is 0.945. The van der Waals surface area contributed by atoms with Gasteiger partial charge in [0, 0.05) is 23.5 Å². The molecule has 0 aliphatic rings. The number of nitrogens with one attached hydrogen (secondary N) is 2. The molecule has 31 heavy (non-hydrogen) atoms. The molecule has 2 amide bonds. The average Bonchev–Trinajstić information content (AvgIpc) is 2.71. The van der Waals surface area contributed by atoms with Crippen molar-refractivity contribution >= 4 is 45.9 Å². The molecule has 2 aromatic carbocycles. The quantitative estimate of drug-likeness (QED) is 0.559. The van der Waals surface area contributed by atoms with Gasteiger partial charge >= 0.3 is 0 Å². The van der Waals surface area contributed by atoms with Crippen molar-refractivity contribution in [3.8, 4) is 0 Å². The molecule has 0 radical (unpaired) electrons. The second-order valence-corrected chi connectivity index (χ2v) is 7.96. The second kappa shape index (κ2) is 9.94. The van der Waals surface area contributed by atoms with Crippen molar-refractivity contribution in [3.63, 3.8) is 0 Å². The number of benzene rings is 2. The van der Waals surface area contributed by atoms with Crippen LogP contribution >= 0.6 is 23.2 Å². The predicted molar refractivity (Wildman–Crippen MR) is 121 cm³/mol. The van der Waals surface area contributed by atoms with Gasteiger partial charge in [-0.3, -0.25) is 14.4 Å². The normalized spacial score (nSPS) is 11.9. The Kier molecular flexibility index (Phi) is 7.30. The number of aromatic nitrogens is 2. The van der Waals surface area contributed by atoms with Crippen LogP contribution in [0.1, 0.15) is 37.7 Å². The molecule has 0 saturated heterocycles. The summed E-state index contributed by atoms with van der Waals surface area (Å²) in [7, 11) is 0. The van der Waals surface area contributed by atoms with Gasteiger partial charge in [-0.2, -0.15) is 0 Å². The third kappa shape index (κ3) is 5.83. The van der Waals surface area contributed by atoms with Crippen molar-refractivity contribution in [2.45, 2.75) is 32.9 Å². The Balaban J connectivity index is 1.81. The molecule has 9 heteroatoms. The van der Waals surface area contributed by atoms with E-state index in [4.69, 9.17) is 23.2 Å². The molecule has 3 rings (SSSR count). The van der Waals surface area contributed by atoms with Crippen LogP contribution in [0, 0.1) is 0 Å². The summed E-state index contributed by atoms with van der Waals surface area (Å²) in [5.74, 6) is -0.0734. The molecular weight excluding hydrogens is 439 g/mol. The molecule has 7 nitrogen and oxygen atoms in total. The first kappa shape index (κ1) is 22.8. The van der Waals surface area contributed by atoms with E-state index in [1.54, 1.807) is 47.4 Å². The third-order valence-corrected chi connectivity index (χ3v) is 5.31. The molecule has 0 fully saturated rings. The van der Waals surface area contributed by atoms with Gasteiger partial charge in [-0.25, -0.2) is 4.98 Å². The van der Waals surface area contributed by atoms with E-state index in [1.165, 1.54) is 6.92 Å². The van der Waals surface area contributed by atoms with Crippen LogP contribution in [0.3, 0.4) is 0 Å². The lowest BCUT2D eigenvalue weighted by molar-refractivity contribution is -0.132. The van der Waals surface area contributed by atoms with Crippen LogP contribution in [0.2, 0.25) is 10.0 Å². The number of fused-ring (bicyclic) bond motifs is 1. The number of amides is 2. The molecule has 3 aromatic rings. The van der Waals surface area contributed by atoms with Crippen LogP contribution < -0.4 is 10.9 Å². The molecule has 0 spiro atoms. The summed E-state index contributed by atoms with van der Waals surface area (Å²) in [5, 5.41) is 4.28. The lowest BCUT2D eigenvalue weighted by Crippen LogP contribution is -2.36. The van der Waals surface area contributed by atoms with Crippen molar-refractivity contribution in [2.24, 2.45) is 0 Å². The highest BCUT2D eigenvalue weighted by atomic mass is 35.5. The van der Waals surface area contributed by atoms with Gasteiger partial charge in [0.1, 0.15) is 5.82 Å². The minimum Gasteiger partial charge on any atom is -0.349 e. The molecule has 0 bridgehead atoms. The third-order valence-electron chi connectivity index (χ3n) is 4.82. The van der Waals surface area contributed by atoms with E-state index in [0.717, 1.165) is 5.56 Å². The fourth-order valence-corrected chi connectivity index (χ4v) is 3.58. The van der Waals surface area contributed by atoms with Crippen LogP contribution in [0.25, 0.3) is 10.9 Å². The minimum atomic E-state index is -0.501. The highest BCUT2D eigenvalue weighted by molar-refractivity contribution is 6.31. The summed E-state index contributed by atoms with van der Waals surface area (Å²) < 4.78 is 0. The zero-order valence-electron chi connectivity index (χ0n) is 17.1. The van der Waals surface area contributed by atoms with E-state index in [0.29, 0.717) is 33.3 Å². The predicted octanol–water partition coefficient (Wildman–Crippen LogP) is 3.85. The van der Waals surface area contributed by atoms with E-state index in [1.807, 2.05) is 6.92 Å². The Bertz CT molecular complexity index is 1160. The number of halogens is 2. The molecule has 0 aliphatic carbocycles. The molecule has 162 valence electrons. The second-order valence-electron chi connectivity index (χ2n) is 7.09. The number of hydrogen-bond acceptors (Lipinski definition) is 4. The maximum absolute atomic E-state index is 13.0. The number of hydrogen-bond donors (Lipinski definition) is 2. The zero-order valence-corrected chi connectivity index (χ0v) is 18.6. The smallest absolute Gasteiger partial charge is 0.258 e. The highest BCUT2D eigenvalue weighted by Crippen LogP contribution is 2.21. The molecule has 0 aliphatic heterocycles. The van der Waals surface area contributed by atoms with E-state index < -0.39 is 6.04 Å². The van der Waals surface area contributed by atoms with Crippen molar-refractivity contribution in [1.29, 1.82) is 0 Å². The van der Waals surface area contributed by atoms with E-state index >= 15 is 0 Å². The number of nitrogens with zero attached hydrogens (tertiary/aromatic N) is 2. The maximum Gasteiger partial charge on any atom is 0.258 e. The Labute approximate surface area is 189 Å². The standard InChI is InChI=1S/C22H22Cl2N4O3/c1-3-28(12-20-26-19-10-16(24)8-9-17(19)22(31)27-20)21(30)11-18(25-13(2)29)14-4-6-15(23)7-5-14/h4-10,18H,3,11-12H2,1-2H3,(H,25,29)(H,26,27,31)/t18-/m1/s1. The van der Waals surface area contributed by atoms with Crippen LogP contribution in [-0.2, 0) is 16.1 Å². The summed E-state index contributed by atoms with van der Waals surface area (Å²) in [6, 6.07) is 11.3. The monoisotopic (exact) mass is 460 g/mol. The average molecular weight is 461 g/mol. The van der Waals surface area contributed by atoms with Gasteiger partial charge in [-0.15, -0.1) is 0 Å². The minimum absolute atomic E-state index is 0.0543. The molecule has 2 N–H and O–H groups in total. The Morgan fingerprint density at radius 1 is 1.13 bits per heavy atom. The van der Waals surface area contributed by atoms with Crippen molar-refractivity contribution < 1.29 is 9.59 Å². The topological polar surface area (TPSA) is 95.2 Å². The van der Waals surface area contributed by atoms with Gasteiger partial charge in [-0.1, -0.05) is 35.3 Å². The number of carbonyl (C=O) groups is 2. The Morgan fingerprint density at radius 3 is 2.45 bits per heavy atom. The van der Waals surface area contributed by atoms with Gasteiger partial charge in [0.05, 0.1) is 29.9 Å². The summed E-state index contributed by atoms with van der Waals surface area (Å²) >= 11 is 12.0. The summed E-state index contributed by atoms with van der Waals surface area (Å²) in [4.78, 5) is 45.8. The first-order valence-corrected chi connectivity index (χ1v) is 10.5. The van der Waals surface area contributed by atoms with Crippen molar-refractivity contribution in [3.05, 3.63) is 74.3 Å². The van der Waals surface area contributed by atoms with Gasteiger partial charge in [0.25, 0.3) is 5.56 Å².